The number of hydroxylamine groups is 2. The van der Waals surface area contributed by atoms with Gasteiger partial charge in [-0.05, 0) is 0 Å². The summed E-state index contributed by atoms with van der Waals surface area (Å²) in [5.74, 6) is -1.49. The van der Waals surface area contributed by atoms with Crippen molar-refractivity contribution in [3.05, 3.63) is 0 Å². The first-order chi connectivity index (χ1) is 7.88. The molecule has 0 saturated carbocycles. The zero-order valence-corrected chi connectivity index (χ0v) is 9.47. The highest BCUT2D eigenvalue weighted by atomic mass is 16.7. The molecule has 17 heavy (non-hydrogen) atoms. The van der Waals surface area contributed by atoms with Gasteiger partial charge < -0.3 is 11.5 Å². The summed E-state index contributed by atoms with van der Waals surface area (Å²) in [5, 5.41) is 0.792. The topological polar surface area (TPSA) is 133 Å². The van der Waals surface area contributed by atoms with Crippen molar-refractivity contribution in [2.24, 2.45) is 11.5 Å². The lowest BCUT2D eigenvalue weighted by Gasteiger charge is -2.07. The predicted octanol–water partition coefficient (Wildman–Crippen LogP) is -1.57. The Kier molecular flexibility index (Phi) is 6.49. The van der Waals surface area contributed by atoms with Crippen molar-refractivity contribution >= 4 is 23.6 Å². The van der Waals surface area contributed by atoms with Crippen LogP contribution in [0.3, 0.4) is 0 Å². The number of hydrogen-bond acceptors (Lipinski definition) is 5. The van der Waals surface area contributed by atoms with Gasteiger partial charge in [-0.3, -0.25) is 24.0 Å². The average molecular weight is 245 g/mol. The van der Waals surface area contributed by atoms with Crippen molar-refractivity contribution in [3.63, 3.8) is 0 Å². The molecule has 0 unspecified atom stereocenters. The van der Waals surface area contributed by atoms with Crippen LogP contribution in [-0.2, 0) is 24.0 Å². The van der Waals surface area contributed by atoms with Gasteiger partial charge in [0.1, 0.15) is 0 Å². The number of nitrogens with zero attached hydrogens (tertiary/aromatic N) is 1. The van der Waals surface area contributed by atoms with Gasteiger partial charge in [-0.1, -0.05) is 0 Å². The Morgan fingerprint density at radius 3 is 1.65 bits per heavy atom. The lowest BCUT2D eigenvalue weighted by molar-refractivity contribution is -0.179. The first-order valence-corrected chi connectivity index (χ1v) is 4.85. The second-order valence-corrected chi connectivity index (χ2v) is 3.20. The van der Waals surface area contributed by atoms with Gasteiger partial charge >= 0.3 is 0 Å². The molecule has 0 atom stereocenters. The molecular formula is C9H15N3O5. The Balaban J connectivity index is 0.000000304. The number of carbonyl (C=O) groups excluding carboxylic acids is 4. The molecule has 4 N–H and O–H groups in total. The third-order valence-electron chi connectivity index (χ3n) is 1.81. The molecule has 1 rings (SSSR count). The largest absolute Gasteiger partial charge is 0.370 e. The van der Waals surface area contributed by atoms with E-state index in [0.717, 1.165) is 5.06 Å². The number of rotatable bonds is 4. The van der Waals surface area contributed by atoms with Gasteiger partial charge in [0.15, 0.2) is 0 Å². The number of carbonyl (C=O) groups is 4. The maximum Gasteiger partial charge on any atom is 0.253 e. The van der Waals surface area contributed by atoms with Gasteiger partial charge in [-0.25, -0.2) is 0 Å². The molecule has 0 radical (unpaired) electrons. The Morgan fingerprint density at radius 2 is 1.47 bits per heavy atom. The minimum absolute atomic E-state index is 0.0509. The summed E-state index contributed by atoms with van der Waals surface area (Å²) < 4.78 is 0. The lowest BCUT2D eigenvalue weighted by atomic mass is 10.3. The molecule has 1 fully saturated rings. The molecule has 0 aromatic carbocycles. The van der Waals surface area contributed by atoms with E-state index in [2.05, 4.69) is 4.84 Å². The van der Waals surface area contributed by atoms with E-state index in [-0.39, 0.29) is 37.5 Å². The summed E-state index contributed by atoms with van der Waals surface area (Å²) in [6, 6.07) is 0. The van der Waals surface area contributed by atoms with E-state index >= 15 is 0 Å². The van der Waals surface area contributed by atoms with Crippen molar-refractivity contribution in [2.75, 3.05) is 7.11 Å². The Morgan fingerprint density at radius 1 is 1.12 bits per heavy atom. The van der Waals surface area contributed by atoms with Crippen LogP contribution in [0.25, 0.3) is 0 Å². The van der Waals surface area contributed by atoms with Crippen LogP contribution in [-0.4, -0.2) is 35.8 Å². The van der Waals surface area contributed by atoms with Crippen LogP contribution in [0, 0.1) is 0 Å². The van der Waals surface area contributed by atoms with E-state index in [0.29, 0.717) is 0 Å². The van der Waals surface area contributed by atoms with Gasteiger partial charge in [0, 0.05) is 25.7 Å². The van der Waals surface area contributed by atoms with E-state index in [9.17, 15) is 19.2 Å². The van der Waals surface area contributed by atoms with Crippen molar-refractivity contribution in [3.8, 4) is 0 Å². The predicted molar refractivity (Wildman–Crippen MR) is 55.7 cm³/mol. The quantitative estimate of drug-likeness (QED) is 0.577. The van der Waals surface area contributed by atoms with E-state index in [1.807, 2.05) is 0 Å². The molecule has 8 nitrogen and oxygen atoms in total. The monoisotopic (exact) mass is 245 g/mol. The maximum absolute atomic E-state index is 10.6. The second kappa shape index (κ2) is 7.34. The third kappa shape index (κ3) is 6.25. The Labute approximate surface area is 97.8 Å². The van der Waals surface area contributed by atoms with Crippen LogP contribution in [0.1, 0.15) is 25.7 Å². The van der Waals surface area contributed by atoms with E-state index in [1.54, 1.807) is 0 Å². The summed E-state index contributed by atoms with van der Waals surface area (Å²) in [4.78, 5) is 45.5. The highest BCUT2D eigenvalue weighted by Crippen LogP contribution is 2.10. The molecule has 1 saturated heterocycles. The normalized spacial score (nSPS) is 14.3. The summed E-state index contributed by atoms with van der Waals surface area (Å²) in [6.07, 6.45) is 0.671. The smallest absolute Gasteiger partial charge is 0.253 e. The number of hydrogen-bond donors (Lipinski definition) is 2. The summed E-state index contributed by atoms with van der Waals surface area (Å²) in [7, 11) is 1.31. The summed E-state index contributed by atoms with van der Waals surface area (Å²) in [5.41, 5.74) is 9.39. The van der Waals surface area contributed by atoms with Crippen LogP contribution in [0.4, 0.5) is 0 Å². The molecule has 1 aliphatic rings. The fourth-order valence-corrected chi connectivity index (χ4v) is 1.01. The second-order valence-electron chi connectivity index (χ2n) is 3.20. The molecule has 0 aromatic heterocycles. The Hall–Kier alpha value is -1.96. The fourth-order valence-electron chi connectivity index (χ4n) is 1.01. The molecule has 96 valence electrons. The zero-order chi connectivity index (χ0) is 13.4. The minimum atomic E-state index is -0.496. The first-order valence-electron chi connectivity index (χ1n) is 4.85. The molecule has 0 spiro atoms. The fraction of sp³-hybridized carbons (Fsp3) is 0.556. The van der Waals surface area contributed by atoms with Crippen LogP contribution < -0.4 is 11.5 Å². The first kappa shape index (κ1) is 15.0. The summed E-state index contributed by atoms with van der Waals surface area (Å²) >= 11 is 0. The van der Waals surface area contributed by atoms with Gasteiger partial charge in [0.25, 0.3) is 11.8 Å². The SMILES string of the molecule is CON1C(=O)CCC1=O.NC(=O)CCC(N)=O. The van der Waals surface area contributed by atoms with Gasteiger partial charge in [0.2, 0.25) is 11.8 Å². The van der Waals surface area contributed by atoms with E-state index in [4.69, 9.17) is 11.5 Å². The molecule has 0 aromatic rings. The van der Waals surface area contributed by atoms with Crippen molar-refractivity contribution in [2.45, 2.75) is 25.7 Å². The molecule has 8 heteroatoms. The molecule has 1 heterocycles. The number of imide groups is 1. The Bertz CT molecular complexity index is 299. The molecule has 0 aliphatic carbocycles. The standard InChI is InChI=1S/C5H7NO3.C4H8N2O2/c1-9-6-4(7)2-3-5(6)8;5-3(7)1-2-4(6)8/h2-3H2,1H3;1-2H2,(H2,5,7)(H2,6,8). The van der Waals surface area contributed by atoms with E-state index < -0.39 is 11.8 Å². The average Bonchev–Trinajstić information content (AvgIpc) is 2.56. The van der Waals surface area contributed by atoms with Crippen LogP contribution in [0.5, 0.6) is 0 Å². The maximum atomic E-state index is 10.6. The van der Waals surface area contributed by atoms with Gasteiger partial charge in [-0.15, -0.1) is 0 Å². The third-order valence-corrected chi connectivity index (χ3v) is 1.81. The van der Waals surface area contributed by atoms with Crippen molar-refractivity contribution in [1.82, 2.24) is 5.06 Å². The van der Waals surface area contributed by atoms with Gasteiger partial charge in [-0.2, -0.15) is 5.06 Å². The van der Waals surface area contributed by atoms with Crippen LogP contribution in [0.15, 0.2) is 0 Å². The van der Waals surface area contributed by atoms with Crippen LogP contribution >= 0.6 is 0 Å². The zero-order valence-electron chi connectivity index (χ0n) is 9.47. The minimum Gasteiger partial charge on any atom is -0.370 e. The van der Waals surface area contributed by atoms with Crippen molar-refractivity contribution < 1.29 is 24.0 Å². The van der Waals surface area contributed by atoms with Gasteiger partial charge in [0.05, 0.1) is 7.11 Å². The van der Waals surface area contributed by atoms with E-state index in [1.165, 1.54) is 7.11 Å². The lowest BCUT2D eigenvalue weighted by Crippen LogP contribution is -2.27. The summed E-state index contributed by atoms with van der Waals surface area (Å²) in [6.45, 7) is 0. The highest BCUT2D eigenvalue weighted by molar-refractivity contribution is 6.00. The van der Waals surface area contributed by atoms with Crippen molar-refractivity contribution in [1.29, 1.82) is 0 Å². The number of amides is 4. The number of primary amides is 2. The highest BCUT2D eigenvalue weighted by Gasteiger charge is 2.28. The molecular weight excluding hydrogens is 230 g/mol. The molecule has 4 amide bonds. The van der Waals surface area contributed by atoms with Crippen LogP contribution in [0.2, 0.25) is 0 Å². The molecule has 1 aliphatic heterocycles. The molecule has 0 bridgehead atoms. The number of nitrogens with two attached hydrogens (primary N) is 2.